The highest BCUT2D eigenvalue weighted by Crippen LogP contribution is 2.26. The zero-order valence-electron chi connectivity index (χ0n) is 11.4. The molecule has 5 nitrogen and oxygen atoms in total. The number of rotatable bonds is 5. The maximum Gasteiger partial charge on any atom is 0.276 e. The molecule has 0 radical (unpaired) electrons. The monoisotopic (exact) mass is 307 g/mol. The topological polar surface area (TPSA) is 72.6 Å². The molecule has 1 N–H and O–H groups in total. The third-order valence-electron chi connectivity index (χ3n) is 3.01. The first kappa shape index (κ1) is 15.3. The summed E-state index contributed by atoms with van der Waals surface area (Å²) in [4.78, 5) is 10.5. The van der Waals surface area contributed by atoms with E-state index >= 15 is 0 Å². The summed E-state index contributed by atoms with van der Waals surface area (Å²) < 4.78 is 5.59. The summed E-state index contributed by atoms with van der Waals surface area (Å²) in [5.41, 5.74) is 1.98. The van der Waals surface area contributed by atoms with Gasteiger partial charge in [-0.2, -0.15) is 0 Å². The van der Waals surface area contributed by atoms with Crippen LogP contribution >= 0.6 is 11.6 Å². The summed E-state index contributed by atoms with van der Waals surface area (Å²) in [6.07, 6.45) is 0. The second-order valence-electron chi connectivity index (χ2n) is 4.59. The first-order valence-electron chi connectivity index (χ1n) is 6.27. The van der Waals surface area contributed by atoms with Gasteiger partial charge in [0, 0.05) is 16.7 Å². The van der Waals surface area contributed by atoms with Crippen LogP contribution in [-0.2, 0) is 13.2 Å². The molecule has 0 spiro atoms. The quantitative estimate of drug-likeness (QED) is 0.676. The number of aryl methyl sites for hydroxylation is 1. The van der Waals surface area contributed by atoms with Crippen LogP contribution in [0.3, 0.4) is 0 Å². The van der Waals surface area contributed by atoms with Gasteiger partial charge in [-0.25, -0.2) is 0 Å². The highest BCUT2D eigenvalue weighted by Gasteiger charge is 2.15. The van der Waals surface area contributed by atoms with Crippen LogP contribution in [0.4, 0.5) is 5.69 Å². The number of aliphatic hydroxyl groups is 1. The Labute approximate surface area is 126 Å². The van der Waals surface area contributed by atoms with Crippen molar-refractivity contribution in [3.05, 3.63) is 68.2 Å². The number of hydrogen-bond donors (Lipinski definition) is 1. The van der Waals surface area contributed by atoms with Gasteiger partial charge in [0.1, 0.15) is 12.4 Å². The molecule has 2 rings (SSSR count). The first-order valence-corrected chi connectivity index (χ1v) is 6.65. The molecule has 0 unspecified atom stereocenters. The zero-order chi connectivity index (χ0) is 15.4. The average Bonchev–Trinajstić information content (AvgIpc) is 2.45. The molecule has 0 saturated carbocycles. The van der Waals surface area contributed by atoms with Crippen molar-refractivity contribution in [2.24, 2.45) is 0 Å². The van der Waals surface area contributed by atoms with Crippen LogP contribution in [0.15, 0.2) is 36.4 Å². The minimum atomic E-state index is -0.475. The number of halogens is 1. The minimum Gasteiger partial charge on any atom is -0.488 e. The van der Waals surface area contributed by atoms with Crippen molar-refractivity contribution >= 4 is 17.3 Å². The summed E-state index contributed by atoms with van der Waals surface area (Å²) in [5.74, 6) is 0.498. The van der Waals surface area contributed by atoms with E-state index in [1.165, 1.54) is 18.2 Å². The Hall–Kier alpha value is -2.11. The largest absolute Gasteiger partial charge is 0.488 e. The lowest BCUT2D eigenvalue weighted by Crippen LogP contribution is -2.02. The highest BCUT2D eigenvalue weighted by molar-refractivity contribution is 6.30. The molecule has 0 amide bonds. The number of nitro groups is 1. The third kappa shape index (κ3) is 3.71. The Kier molecular flexibility index (Phi) is 4.77. The lowest BCUT2D eigenvalue weighted by atomic mass is 10.1. The molecule has 0 aliphatic carbocycles. The molecule has 0 aliphatic heterocycles. The smallest absolute Gasteiger partial charge is 0.276 e. The second-order valence-corrected chi connectivity index (χ2v) is 5.02. The van der Waals surface area contributed by atoms with Gasteiger partial charge in [-0.1, -0.05) is 29.3 Å². The van der Waals surface area contributed by atoms with Crippen LogP contribution in [0.25, 0.3) is 0 Å². The van der Waals surface area contributed by atoms with Crippen LogP contribution in [0.1, 0.15) is 16.7 Å². The lowest BCUT2D eigenvalue weighted by Gasteiger charge is -2.11. The van der Waals surface area contributed by atoms with E-state index in [1.807, 2.05) is 19.1 Å². The van der Waals surface area contributed by atoms with Gasteiger partial charge in [0.25, 0.3) is 5.69 Å². The van der Waals surface area contributed by atoms with Gasteiger partial charge in [-0.3, -0.25) is 10.1 Å². The normalized spacial score (nSPS) is 10.4. The SMILES string of the molecule is Cc1ccc(OCc2cc(Cl)ccc2[N+](=O)[O-])c(CO)c1. The Balaban J connectivity index is 2.24. The molecule has 0 aromatic heterocycles. The molecule has 0 aliphatic rings. The van der Waals surface area contributed by atoms with Crippen LogP contribution in [0, 0.1) is 17.0 Å². The van der Waals surface area contributed by atoms with Crippen molar-refractivity contribution < 1.29 is 14.8 Å². The van der Waals surface area contributed by atoms with Crippen molar-refractivity contribution in [2.75, 3.05) is 0 Å². The van der Waals surface area contributed by atoms with Crippen molar-refractivity contribution in [1.29, 1.82) is 0 Å². The summed E-state index contributed by atoms with van der Waals surface area (Å²) in [7, 11) is 0. The molecular formula is C15H14ClNO4. The van der Waals surface area contributed by atoms with E-state index in [9.17, 15) is 15.2 Å². The van der Waals surface area contributed by atoms with E-state index in [4.69, 9.17) is 16.3 Å². The number of benzene rings is 2. The molecule has 0 heterocycles. The van der Waals surface area contributed by atoms with Crippen molar-refractivity contribution in [2.45, 2.75) is 20.1 Å². The molecule has 0 atom stereocenters. The van der Waals surface area contributed by atoms with Crippen LogP contribution < -0.4 is 4.74 Å². The van der Waals surface area contributed by atoms with E-state index in [0.717, 1.165) is 5.56 Å². The van der Waals surface area contributed by atoms with E-state index in [-0.39, 0.29) is 18.9 Å². The third-order valence-corrected chi connectivity index (χ3v) is 3.24. The summed E-state index contributed by atoms with van der Waals surface area (Å²) in [5, 5.41) is 20.7. The summed E-state index contributed by atoms with van der Waals surface area (Å²) in [6.45, 7) is 1.76. The maximum atomic E-state index is 11.0. The fraction of sp³-hybridized carbons (Fsp3) is 0.200. The van der Waals surface area contributed by atoms with E-state index < -0.39 is 4.92 Å². The predicted molar refractivity (Wildman–Crippen MR) is 79.5 cm³/mol. The average molecular weight is 308 g/mol. The highest BCUT2D eigenvalue weighted by atomic mass is 35.5. The van der Waals surface area contributed by atoms with Gasteiger partial charge in [0.15, 0.2) is 0 Å². The number of nitro benzene ring substituents is 1. The Bertz CT molecular complexity index is 673. The Morgan fingerprint density at radius 1 is 1.24 bits per heavy atom. The standard InChI is InChI=1S/C15H14ClNO4/c1-10-2-5-15(11(6-10)8-18)21-9-12-7-13(16)3-4-14(12)17(19)20/h2-7,18H,8-9H2,1H3. The van der Waals surface area contributed by atoms with Crippen molar-refractivity contribution in [3.63, 3.8) is 0 Å². The zero-order valence-corrected chi connectivity index (χ0v) is 12.1. The lowest BCUT2D eigenvalue weighted by molar-refractivity contribution is -0.385. The van der Waals surface area contributed by atoms with Gasteiger partial charge in [-0.15, -0.1) is 0 Å². The second kappa shape index (κ2) is 6.56. The van der Waals surface area contributed by atoms with Gasteiger partial charge in [0.05, 0.1) is 17.1 Å². The van der Waals surface area contributed by atoms with Crippen molar-refractivity contribution in [3.8, 4) is 5.75 Å². The molecule has 21 heavy (non-hydrogen) atoms. The number of ether oxygens (including phenoxy) is 1. The number of hydrogen-bond acceptors (Lipinski definition) is 4. The van der Waals surface area contributed by atoms with Gasteiger partial charge >= 0.3 is 0 Å². The molecule has 0 bridgehead atoms. The van der Waals surface area contributed by atoms with E-state index in [2.05, 4.69) is 0 Å². The molecular weight excluding hydrogens is 294 g/mol. The molecule has 110 valence electrons. The molecule has 2 aromatic carbocycles. The summed E-state index contributed by atoms with van der Waals surface area (Å²) >= 11 is 5.86. The predicted octanol–water partition coefficient (Wildman–Crippen LogP) is 3.63. The van der Waals surface area contributed by atoms with E-state index in [0.29, 0.717) is 21.9 Å². The molecule has 0 fully saturated rings. The van der Waals surface area contributed by atoms with Gasteiger partial charge < -0.3 is 9.84 Å². The van der Waals surface area contributed by atoms with E-state index in [1.54, 1.807) is 6.07 Å². The van der Waals surface area contributed by atoms with Gasteiger partial charge in [0.2, 0.25) is 0 Å². The first-order chi connectivity index (χ1) is 10.0. The fourth-order valence-electron chi connectivity index (χ4n) is 1.98. The molecule has 6 heteroatoms. The van der Waals surface area contributed by atoms with Crippen LogP contribution in [0.2, 0.25) is 5.02 Å². The molecule has 0 saturated heterocycles. The van der Waals surface area contributed by atoms with Crippen LogP contribution in [0.5, 0.6) is 5.75 Å². The number of aliphatic hydroxyl groups excluding tert-OH is 1. The van der Waals surface area contributed by atoms with Crippen LogP contribution in [-0.4, -0.2) is 10.0 Å². The number of nitrogens with zero attached hydrogens (tertiary/aromatic N) is 1. The Morgan fingerprint density at radius 3 is 2.67 bits per heavy atom. The Morgan fingerprint density at radius 2 is 2.00 bits per heavy atom. The maximum absolute atomic E-state index is 11.0. The fourth-order valence-corrected chi connectivity index (χ4v) is 2.17. The minimum absolute atomic E-state index is 0.00688. The molecule has 2 aromatic rings. The summed E-state index contributed by atoms with van der Waals surface area (Å²) in [6, 6.07) is 9.71. The van der Waals surface area contributed by atoms with Crippen molar-refractivity contribution in [1.82, 2.24) is 0 Å². The van der Waals surface area contributed by atoms with Gasteiger partial charge in [-0.05, 0) is 25.1 Å².